The highest BCUT2D eigenvalue weighted by molar-refractivity contribution is 5.91. The lowest BCUT2D eigenvalue weighted by atomic mass is 10.0. The molecule has 0 fully saturated rings. The van der Waals surface area contributed by atoms with Crippen molar-refractivity contribution in [3.05, 3.63) is 71.5 Å². The van der Waals surface area contributed by atoms with Crippen molar-refractivity contribution in [1.29, 1.82) is 0 Å². The number of amides is 1. The summed E-state index contributed by atoms with van der Waals surface area (Å²) in [4.78, 5) is 12.3. The molecule has 4 rings (SSSR count). The average Bonchev–Trinajstić information content (AvgIpc) is 3.56. The number of hydrogen-bond donors (Lipinski definition) is 3. The van der Waals surface area contributed by atoms with Crippen LogP contribution in [0.1, 0.15) is 30.5 Å². The molecule has 0 bridgehead atoms. The van der Waals surface area contributed by atoms with Crippen molar-refractivity contribution in [2.45, 2.75) is 57.8 Å². The van der Waals surface area contributed by atoms with Gasteiger partial charge in [0, 0.05) is 19.6 Å². The lowest BCUT2D eigenvalue weighted by Gasteiger charge is -2.14. The summed E-state index contributed by atoms with van der Waals surface area (Å²) in [5.41, 5.74) is 1.40. The highest BCUT2D eigenvalue weighted by Gasteiger charge is 2.31. The number of aliphatic hydroxyl groups is 1. The van der Waals surface area contributed by atoms with Crippen molar-refractivity contribution in [1.82, 2.24) is 35.3 Å². The third-order valence-corrected chi connectivity index (χ3v) is 5.92. The zero-order chi connectivity index (χ0) is 30.0. The van der Waals surface area contributed by atoms with Gasteiger partial charge in [-0.3, -0.25) is 19.5 Å². The Balaban J connectivity index is 1.09. The van der Waals surface area contributed by atoms with Gasteiger partial charge >= 0.3 is 6.36 Å². The SMILES string of the molecule is O=C(Cc1cccc(OC(F)(F)F)c1)Nc1cn(CCCCn2cc(COCNCC3=CC(O)CC=C3F)nn2)nn1. The van der Waals surface area contributed by atoms with Crippen LogP contribution in [0.2, 0.25) is 0 Å². The number of anilines is 1. The van der Waals surface area contributed by atoms with Crippen molar-refractivity contribution in [3.8, 4) is 5.75 Å². The van der Waals surface area contributed by atoms with Crippen molar-refractivity contribution in [2.24, 2.45) is 0 Å². The highest BCUT2D eigenvalue weighted by atomic mass is 19.4. The largest absolute Gasteiger partial charge is 0.573 e. The maximum atomic E-state index is 13.7. The Morgan fingerprint density at radius 3 is 2.67 bits per heavy atom. The van der Waals surface area contributed by atoms with Gasteiger partial charge in [0.25, 0.3) is 0 Å². The summed E-state index contributed by atoms with van der Waals surface area (Å²) in [5, 5.41) is 31.1. The highest BCUT2D eigenvalue weighted by Crippen LogP contribution is 2.23. The second-order valence-electron chi connectivity index (χ2n) is 9.43. The van der Waals surface area contributed by atoms with Crippen LogP contribution in [0, 0.1) is 0 Å². The van der Waals surface area contributed by atoms with Gasteiger partial charge in [0.05, 0.1) is 38.3 Å². The number of aliphatic hydroxyl groups excluding tert-OH is 1. The molecule has 0 saturated carbocycles. The quantitative estimate of drug-likeness (QED) is 0.138. The number of carbonyl (C=O) groups excluding carboxylic acids is 1. The first-order chi connectivity index (χ1) is 20.1. The molecule has 1 aliphatic carbocycles. The Labute approximate surface area is 238 Å². The Morgan fingerprint density at radius 2 is 1.88 bits per heavy atom. The van der Waals surface area contributed by atoms with Gasteiger partial charge in [-0.2, -0.15) is 0 Å². The number of nitrogens with zero attached hydrogens (tertiary/aromatic N) is 6. The van der Waals surface area contributed by atoms with Gasteiger partial charge in [-0.15, -0.1) is 23.4 Å². The molecule has 2 heterocycles. The molecule has 2 aromatic heterocycles. The number of aromatic nitrogens is 6. The van der Waals surface area contributed by atoms with Gasteiger partial charge in [-0.25, -0.2) is 4.39 Å². The van der Waals surface area contributed by atoms with Gasteiger partial charge in [0.2, 0.25) is 5.91 Å². The molecule has 1 unspecified atom stereocenters. The van der Waals surface area contributed by atoms with Crippen LogP contribution < -0.4 is 15.4 Å². The van der Waals surface area contributed by atoms with Crippen molar-refractivity contribution < 1.29 is 36.9 Å². The van der Waals surface area contributed by atoms with E-state index >= 15 is 0 Å². The minimum absolute atomic E-state index is 0.162. The van der Waals surface area contributed by atoms with Crippen LogP contribution in [-0.2, 0) is 35.6 Å². The molecule has 16 heteroatoms. The minimum atomic E-state index is -4.81. The van der Waals surface area contributed by atoms with Gasteiger partial charge in [-0.05, 0) is 54.7 Å². The van der Waals surface area contributed by atoms with E-state index in [9.17, 15) is 27.5 Å². The molecule has 1 atom stereocenters. The third-order valence-electron chi connectivity index (χ3n) is 5.92. The molecule has 1 amide bonds. The fourth-order valence-corrected chi connectivity index (χ4v) is 4.04. The molecule has 3 aromatic rings. The molecule has 0 radical (unpaired) electrons. The number of aryl methyl sites for hydroxylation is 2. The summed E-state index contributed by atoms with van der Waals surface area (Å²) in [6.45, 7) is 1.80. The number of rotatable bonds is 15. The standard InChI is InChI=1S/C26H30F4N8O4/c27-23-7-6-21(39)12-19(23)13-31-17-41-16-20-14-37(35-33-20)8-1-2-9-38-15-24(34-36-38)32-25(40)11-18-4-3-5-22(10-18)42-26(28,29)30/h3-5,7,10,12,14-15,21,31,39H,1-2,6,8-9,11,13,16-17H2,(H,32,40). The van der Waals surface area contributed by atoms with E-state index in [2.05, 4.69) is 36.0 Å². The zero-order valence-corrected chi connectivity index (χ0v) is 22.4. The predicted molar refractivity (Wildman–Crippen MR) is 140 cm³/mol. The molecule has 0 saturated heterocycles. The predicted octanol–water partition coefficient (Wildman–Crippen LogP) is 3.04. The van der Waals surface area contributed by atoms with E-state index < -0.39 is 24.1 Å². The van der Waals surface area contributed by atoms with Crippen LogP contribution in [0.4, 0.5) is 23.4 Å². The van der Waals surface area contributed by atoms with Gasteiger partial charge in [-0.1, -0.05) is 22.6 Å². The lowest BCUT2D eigenvalue weighted by Crippen LogP contribution is -2.23. The maximum Gasteiger partial charge on any atom is 0.573 e. The summed E-state index contributed by atoms with van der Waals surface area (Å²) in [5.74, 6) is -0.967. The molecule has 42 heavy (non-hydrogen) atoms. The molecular formula is C26H30F4N8O4. The van der Waals surface area contributed by atoms with E-state index in [-0.39, 0.29) is 44.4 Å². The van der Waals surface area contributed by atoms with Crippen LogP contribution in [0.15, 0.2) is 60.2 Å². The normalized spacial score (nSPS) is 15.3. The number of benzene rings is 1. The van der Waals surface area contributed by atoms with Crippen molar-refractivity contribution >= 4 is 11.7 Å². The molecule has 12 nitrogen and oxygen atoms in total. The number of ether oxygens (including phenoxy) is 2. The van der Waals surface area contributed by atoms with Crippen LogP contribution in [0.5, 0.6) is 5.75 Å². The molecular weight excluding hydrogens is 564 g/mol. The smallest absolute Gasteiger partial charge is 0.406 e. The first-order valence-electron chi connectivity index (χ1n) is 13.1. The molecule has 0 aliphatic heterocycles. The first-order valence-corrected chi connectivity index (χ1v) is 13.1. The van der Waals surface area contributed by atoms with E-state index in [4.69, 9.17) is 4.74 Å². The Morgan fingerprint density at radius 1 is 1.12 bits per heavy atom. The first kappa shape index (κ1) is 30.8. The van der Waals surface area contributed by atoms with E-state index in [1.54, 1.807) is 21.8 Å². The summed E-state index contributed by atoms with van der Waals surface area (Å²) in [6.07, 6.45) is 2.33. The molecule has 226 valence electrons. The fraction of sp³-hybridized carbons (Fsp3) is 0.423. The fourth-order valence-electron chi connectivity index (χ4n) is 4.04. The number of nitrogens with one attached hydrogen (secondary N) is 2. The summed E-state index contributed by atoms with van der Waals surface area (Å²) >= 11 is 0. The average molecular weight is 595 g/mol. The van der Waals surface area contributed by atoms with Crippen LogP contribution in [0.3, 0.4) is 0 Å². The van der Waals surface area contributed by atoms with Crippen LogP contribution in [0.25, 0.3) is 0 Å². The molecule has 0 spiro atoms. The van der Waals surface area contributed by atoms with Gasteiger partial charge in [0.1, 0.15) is 17.3 Å². The zero-order valence-electron chi connectivity index (χ0n) is 22.4. The summed E-state index contributed by atoms with van der Waals surface area (Å²) < 4.78 is 63.6. The number of hydrogen-bond acceptors (Lipinski definition) is 9. The number of carbonyl (C=O) groups is 1. The van der Waals surface area contributed by atoms with Crippen LogP contribution in [-0.4, -0.2) is 66.7 Å². The minimum Gasteiger partial charge on any atom is -0.406 e. The topological polar surface area (TPSA) is 141 Å². The van der Waals surface area contributed by atoms with Crippen molar-refractivity contribution in [2.75, 3.05) is 18.6 Å². The summed E-state index contributed by atoms with van der Waals surface area (Å²) in [6, 6.07) is 5.20. The number of unbranched alkanes of at least 4 members (excludes halogenated alkanes) is 1. The van der Waals surface area contributed by atoms with Gasteiger partial charge < -0.3 is 19.9 Å². The van der Waals surface area contributed by atoms with E-state index in [1.807, 2.05) is 0 Å². The van der Waals surface area contributed by atoms with Crippen LogP contribution >= 0.6 is 0 Å². The molecule has 3 N–H and O–H groups in total. The molecule has 1 aliphatic rings. The second kappa shape index (κ2) is 14.7. The van der Waals surface area contributed by atoms with E-state index in [0.717, 1.165) is 25.0 Å². The molecule has 1 aromatic carbocycles. The number of halogens is 4. The van der Waals surface area contributed by atoms with Gasteiger partial charge in [0.15, 0.2) is 5.82 Å². The monoisotopic (exact) mass is 594 g/mol. The summed E-state index contributed by atoms with van der Waals surface area (Å²) in [7, 11) is 0. The Bertz CT molecular complexity index is 1390. The second-order valence-corrected chi connectivity index (χ2v) is 9.43. The third kappa shape index (κ3) is 10.4. The van der Waals surface area contributed by atoms with Crippen molar-refractivity contribution in [3.63, 3.8) is 0 Å². The maximum absolute atomic E-state index is 13.7. The van der Waals surface area contributed by atoms with E-state index in [0.29, 0.717) is 29.9 Å². The Kier molecular flexibility index (Phi) is 10.7. The van der Waals surface area contributed by atoms with E-state index in [1.165, 1.54) is 24.3 Å². The number of alkyl halides is 3. The Hall–Kier alpha value is -4.15. The lowest BCUT2D eigenvalue weighted by molar-refractivity contribution is -0.274.